The van der Waals surface area contributed by atoms with Crippen LogP contribution in [-0.4, -0.2) is 56.5 Å². The molecule has 1 aliphatic heterocycles. The second-order valence-corrected chi connectivity index (χ2v) is 6.65. The van der Waals surface area contributed by atoms with Gasteiger partial charge in [-0.25, -0.2) is 0 Å². The van der Waals surface area contributed by atoms with Gasteiger partial charge in [-0.3, -0.25) is 9.79 Å². The Labute approximate surface area is 180 Å². The lowest BCUT2D eigenvalue weighted by Crippen LogP contribution is -2.41. The van der Waals surface area contributed by atoms with E-state index in [1.807, 2.05) is 18.2 Å². The van der Waals surface area contributed by atoms with Crippen molar-refractivity contribution in [2.45, 2.75) is 39.0 Å². The molecular weight excluding hydrogens is 453 g/mol. The molecule has 27 heavy (non-hydrogen) atoms. The van der Waals surface area contributed by atoms with Gasteiger partial charge in [-0.2, -0.15) is 0 Å². The maximum Gasteiger partial charge on any atom is 0.225 e. The lowest BCUT2D eigenvalue weighted by Gasteiger charge is -2.26. The van der Waals surface area contributed by atoms with Crippen molar-refractivity contribution in [3.8, 4) is 0 Å². The smallest absolute Gasteiger partial charge is 0.225 e. The summed E-state index contributed by atoms with van der Waals surface area (Å²) in [5.41, 5.74) is 2.11. The van der Waals surface area contributed by atoms with Crippen molar-refractivity contribution >= 4 is 41.5 Å². The van der Waals surface area contributed by atoms with Gasteiger partial charge >= 0.3 is 0 Å². The predicted molar refractivity (Wildman–Crippen MR) is 124 cm³/mol. The fraction of sp³-hybridized carbons (Fsp3) is 0.600. The van der Waals surface area contributed by atoms with Crippen LogP contribution in [0.5, 0.6) is 0 Å². The number of rotatable bonds is 9. The average Bonchev–Trinajstić information content (AvgIpc) is 2.66. The van der Waals surface area contributed by atoms with Crippen LogP contribution in [0.25, 0.3) is 0 Å². The Bertz CT molecular complexity index is 604. The summed E-state index contributed by atoms with van der Waals surface area (Å²) in [6.45, 7) is 9.39. The molecule has 0 saturated heterocycles. The molecule has 6 nitrogen and oxygen atoms in total. The first-order valence-electron chi connectivity index (χ1n) is 9.73. The van der Waals surface area contributed by atoms with Crippen molar-refractivity contribution in [3.63, 3.8) is 0 Å². The van der Waals surface area contributed by atoms with E-state index in [4.69, 9.17) is 0 Å². The minimum atomic E-state index is 0. The van der Waals surface area contributed by atoms with Crippen molar-refractivity contribution in [1.82, 2.24) is 15.5 Å². The topological polar surface area (TPSA) is 68.8 Å². The van der Waals surface area contributed by atoms with Crippen LogP contribution in [0.3, 0.4) is 0 Å². The Kier molecular flexibility index (Phi) is 11.3. The van der Waals surface area contributed by atoms with E-state index < -0.39 is 0 Å². The maximum atomic E-state index is 11.9. The second-order valence-electron chi connectivity index (χ2n) is 6.65. The van der Waals surface area contributed by atoms with E-state index in [0.717, 1.165) is 44.2 Å². The lowest BCUT2D eigenvalue weighted by molar-refractivity contribution is -0.116. The molecule has 1 unspecified atom stereocenters. The third kappa shape index (κ3) is 7.65. The molecule has 0 radical (unpaired) electrons. The molecule has 7 heteroatoms. The average molecular weight is 487 g/mol. The minimum Gasteiger partial charge on any atom is -0.356 e. The SMILES string of the molecule is CCN(CC)CCCCNC(=NC)NCC1CC(=O)Nc2ccccc21.I. The van der Waals surface area contributed by atoms with Crippen LogP contribution in [0.15, 0.2) is 29.3 Å². The number of carbonyl (C=O) groups excluding carboxylic acids is 1. The molecule has 0 bridgehead atoms. The van der Waals surface area contributed by atoms with Gasteiger partial charge in [0.15, 0.2) is 5.96 Å². The molecule has 3 N–H and O–H groups in total. The molecule has 1 aromatic rings. The number of halogens is 1. The van der Waals surface area contributed by atoms with E-state index in [9.17, 15) is 4.79 Å². The number of carbonyl (C=O) groups is 1. The highest BCUT2D eigenvalue weighted by atomic mass is 127. The summed E-state index contributed by atoms with van der Waals surface area (Å²) in [5.74, 6) is 1.05. The van der Waals surface area contributed by atoms with Crippen LogP contribution in [0.2, 0.25) is 0 Å². The van der Waals surface area contributed by atoms with Crippen LogP contribution in [0.1, 0.15) is 44.6 Å². The Balaban J connectivity index is 0.00000364. The van der Waals surface area contributed by atoms with Crippen LogP contribution in [0.4, 0.5) is 5.69 Å². The number of benzene rings is 1. The summed E-state index contributed by atoms with van der Waals surface area (Å²) in [5, 5.41) is 9.69. The number of hydrogen-bond donors (Lipinski definition) is 3. The molecule has 0 fully saturated rings. The quantitative estimate of drug-likeness (QED) is 0.217. The Morgan fingerprint density at radius 2 is 1.96 bits per heavy atom. The number of nitrogens with one attached hydrogen (secondary N) is 3. The van der Waals surface area contributed by atoms with Gasteiger partial charge in [-0.15, -0.1) is 24.0 Å². The van der Waals surface area contributed by atoms with Crippen molar-refractivity contribution < 1.29 is 4.79 Å². The highest BCUT2D eigenvalue weighted by Gasteiger charge is 2.24. The van der Waals surface area contributed by atoms with Gasteiger partial charge in [0.2, 0.25) is 5.91 Å². The predicted octanol–water partition coefficient (Wildman–Crippen LogP) is 3.02. The standard InChI is InChI=1S/C20H33N5O.HI/c1-4-25(5-2)13-9-8-12-22-20(21-3)23-15-16-14-19(26)24-18-11-7-6-10-17(16)18;/h6-7,10-11,16H,4-5,8-9,12-15H2,1-3H3,(H,24,26)(H2,21,22,23);1H. The molecule has 152 valence electrons. The number of anilines is 1. The molecule has 2 rings (SSSR count). The summed E-state index contributed by atoms with van der Waals surface area (Å²) in [4.78, 5) is 18.6. The van der Waals surface area contributed by atoms with Crippen LogP contribution in [0, 0.1) is 0 Å². The van der Waals surface area contributed by atoms with Gasteiger partial charge in [0.25, 0.3) is 0 Å². The number of aliphatic imine (C=N–C) groups is 1. The number of hydrogen-bond acceptors (Lipinski definition) is 3. The van der Waals surface area contributed by atoms with E-state index in [1.165, 1.54) is 12.0 Å². The molecule has 0 aromatic heterocycles. The van der Waals surface area contributed by atoms with E-state index in [2.05, 4.69) is 45.8 Å². The first kappa shape index (κ1) is 23.7. The van der Waals surface area contributed by atoms with Crippen molar-refractivity contribution in [2.75, 3.05) is 45.1 Å². The van der Waals surface area contributed by atoms with Gasteiger partial charge in [-0.1, -0.05) is 32.0 Å². The van der Waals surface area contributed by atoms with Crippen molar-refractivity contribution in [3.05, 3.63) is 29.8 Å². The number of guanidine groups is 1. The first-order valence-corrected chi connectivity index (χ1v) is 9.73. The summed E-state index contributed by atoms with van der Waals surface area (Å²) in [6, 6.07) is 8.02. The molecule has 1 aromatic carbocycles. The minimum absolute atomic E-state index is 0. The third-order valence-electron chi connectivity index (χ3n) is 4.93. The van der Waals surface area contributed by atoms with Crippen LogP contribution < -0.4 is 16.0 Å². The van der Waals surface area contributed by atoms with Gasteiger partial charge in [0.1, 0.15) is 0 Å². The highest BCUT2D eigenvalue weighted by Crippen LogP contribution is 2.31. The summed E-state index contributed by atoms with van der Waals surface area (Å²) in [6.07, 6.45) is 2.80. The largest absolute Gasteiger partial charge is 0.356 e. The highest BCUT2D eigenvalue weighted by molar-refractivity contribution is 14.0. The number of unbranched alkanes of at least 4 members (excludes halogenated alkanes) is 1. The molecule has 0 aliphatic carbocycles. The van der Waals surface area contributed by atoms with E-state index in [1.54, 1.807) is 7.05 Å². The van der Waals surface area contributed by atoms with E-state index in [0.29, 0.717) is 13.0 Å². The van der Waals surface area contributed by atoms with Crippen LogP contribution in [-0.2, 0) is 4.79 Å². The summed E-state index contributed by atoms with van der Waals surface area (Å²) >= 11 is 0. The number of para-hydroxylation sites is 1. The molecule has 0 saturated carbocycles. The zero-order valence-corrected chi connectivity index (χ0v) is 19.1. The van der Waals surface area contributed by atoms with Crippen molar-refractivity contribution in [1.29, 1.82) is 0 Å². The molecule has 1 heterocycles. The Morgan fingerprint density at radius 1 is 1.22 bits per heavy atom. The fourth-order valence-electron chi connectivity index (χ4n) is 3.33. The maximum absolute atomic E-state index is 11.9. The Morgan fingerprint density at radius 3 is 2.67 bits per heavy atom. The van der Waals surface area contributed by atoms with Gasteiger partial charge in [0, 0.05) is 38.2 Å². The molecule has 1 amide bonds. The summed E-state index contributed by atoms with van der Waals surface area (Å²) in [7, 11) is 1.78. The normalized spacial score (nSPS) is 16.4. The lowest BCUT2D eigenvalue weighted by atomic mass is 9.90. The fourth-order valence-corrected chi connectivity index (χ4v) is 3.33. The van der Waals surface area contributed by atoms with Gasteiger partial charge in [-0.05, 0) is 44.1 Å². The van der Waals surface area contributed by atoms with Crippen molar-refractivity contribution in [2.24, 2.45) is 4.99 Å². The molecule has 1 atom stereocenters. The number of nitrogens with zero attached hydrogens (tertiary/aromatic N) is 2. The van der Waals surface area contributed by atoms with E-state index in [-0.39, 0.29) is 35.8 Å². The summed E-state index contributed by atoms with van der Waals surface area (Å²) < 4.78 is 0. The van der Waals surface area contributed by atoms with Crippen LogP contribution >= 0.6 is 24.0 Å². The van der Waals surface area contributed by atoms with E-state index >= 15 is 0 Å². The molecular formula is C20H34IN5O. The van der Waals surface area contributed by atoms with Gasteiger partial charge in [0.05, 0.1) is 0 Å². The second kappa shape index (κ2) is 12.9. The monoisotopic (exact) mass is 487 g/mol. The van der Waals surface area contributed by atoms with Gasteiger partial charge < -0.3 is 20.9 Å². The number of fused-ring (bicyclic) bond motifs is 1. The molecule has 0 spiro atoms. The molecule has 1 aliphatic rings. The number of amides is 1. The zero-order chi connectivity index (χ0) is 18.8. The zero-order valence-electron chi connectivity index (χ0n) is 16.8. The third-order valence-corrected chi connectivity index (χ3v) is 4.93. The first-order chi connectivity index (χ1) is 12.7. The Hall–Kier alpha value is -1.35.